The summed E-state index contributed by atoms with van der Waals surface area (Å²) in [4.78, 5) is 0. The summed E-state index contributed by atoms with van der Waals surface area (Å²) in [6.45, 7) is 4.46. The van der Waals surface area contributed by atoms with Crippen molar-refractivity contribution >= 4 is 0 Å². The molecule has 0 aromatic rings. The van der Waals surface area contributed by atoms with E-state index >= 15 is 0 Å². The molecule has 0 aliphatic rings. The zero-order valence-electron chi connectivity index (χ0n) is 12.9. The van der Waals surface area contributed by atoms with Crippen molar-refractivity contribution < 1.29 is 4.39 Å². The number of rotatable bonds is 14. The molecule has 0 saturated heterocycles. The number of unbranched alkanes of at least 4 members (excludes halogenated alkanes) is 10. The van der Waals surface area contributed by atoms with Crippen LogP contribution in [0.5, 0.6) is 0 Å². The Kier molecular flexibility index (Phi) is 14.9. The maximum atomic E-state index is 13.5. The number of halogens is 1. The highest BCUT2D eigenvalue weighted by molar-refractivity contribution is 4.57. The van der Waals surface area contributed by atoms with Crippen molar-refractivity contribution in [3.05, 3.63) is 0 Å². The maximum absolute atomic E-state index is 13.5. The molecule has 0 amide bonds. The van der Waals surface area contributed by atoms with E-state index in [9.17, 15) is 4.39 Å². The van der Waals surface area contributed by atoms with Crippen LogP contribution in [0.3, 0.4) is 0 Å². The van der Waals surface area contributed by atoms with Crippen LogP contribution in [-0.4, -0.2) is 6.17 Å². The normalized spacial score (nSPS) is 12.8. The van der Waals surface area contributed by atoms with Crippen molar-refractivity contribution in [1.82, 2.24) is 0 Å². The van der Waals surface area contributed by atoms with Crippen molar-refractivity contribution in [2.75, 3.05) is 0 Å². The van der Waals surface area contributed by atoms with Gasteiger partial charge in [0.15, 0.2) is 0 Å². The Labute approximate surface area is 115 Å². The van der Waals surface area contributed by atoms with Crippen LogP contribution < -0.4 is 0 Å². The molecule has 0 bridgehead atoms. The monoisotopic (exact) mass is 258 g/mol. The third-order valence-electron chi connectivity index (χ3n) is 3.74. The van der Waals surface area contributed by atoms with Crippen LogP contribution in [0.15, 0.2) is 0 Å². The van der Waals surface area contributed by atoms with Gasteiger partial charge >= 0.3 is 0 Å². The summed E-state index contributed by atoms with van der Waals surface area (Å²) in [6.07, 6.45) is 16.3. The highest BCUT2D eigenvalue weighted by atomic mass is 19.1. The lowest BCUT2D eigenvalue weighted by Gasteiger charge is -2.07. The quantitative estimate of drug-likeness (QED) is 0.300. The number of hydrogen-bond acceptors (Lipinski definition) is 0. The predicted molar refractivity (Wildman–Crippen MR) is 80.9 cm³/mol. The largest absolute Gasteiger partial charge is 0.247 e. The summed E-state index contributed by atoms with van der Waals surface area (Å²) in [5.41, 5.74) is 0. The summed E-state index contributed by atoms with van der Waals surface area (Å²) in [5, 5.41) is 0. The van der Waals surface area contributed by atoms with Gasteiger partial charge in [0.2, 0.25) is 0 Å². The molecule has 0 N–H and O–H groups in total. The van der Waals surface area contributed by atoms with Crippen molar-refractivity contribution in [2.24, 2.45) is 0 Å². The highest BCUT2D eigenvalue weighted by Gasteiger charge is 2.05. The van der Waals surface area contributed by atoms with E-state index in [0.29, 0.717) is 0 Å². The molecule has 0 heterocycles. The van der Waals surface area contributed by atoms with Crippen LogP contribution >= 0.6 is 0 Å². The van der Waals surface area contributed by atoms with Gasteiger partial charge in [-0.25, -0.2) is 4.39 Å². The predicted octanol–water partition coefficient (Wildman–Crippen LogP) is 6.83. The van der Waals surface area contributed by atoms with E-state index in [1.807, 2.05) is 0 Å². The van der Waals surface area contributed by atoms with Crippen LogP contribution in [0.4, 0.5) is 4.39 Å². The minimum Gasteiger partial charge on any atom is -0.247 e. The molecule has 110 valence electrons. The van der Waals surface area contributed by atoms with Gasteiger partial charge in [-0.05, 0) is 12.8 Å². The average molecular weight is 258 g/mol. The van der Waals surface area contributed by atoms with Gasteiger partial charge in [-0.15, -0.1) is 0 Å². The van der Waals surface area contributed by atoms with Gasteiger partial charge in [-0.2, -0.15) is 0 Å². The van der Waals surface area contributed by atoms with Crippen LogP contribution in [0.25, 0.3) is 0 Å². The highest BCUT2D eigenvalue weighted by Crippen LogP contribution is 2.16. The molecule has 0 aliphatic carbocycles. The fraction of sp³-hybridized carbons (Fsp3) is 1.00. The first kappa shape index (κ1) is 17.9. The first-order valence-electron chi connectivity index (χ1n) is 8.45. The number of alkyl halides is 1. The third kappa shape index (κ3) is 14.0. The molecule has 1 atom stereocenters. The van der Waals surface area contributed by atoms with Crippen molar-refractivity contribution in [1.29, 1.82) is 0 Å². The van der Waals surface area contributed by atoms with Gasteiger partial charge in [0.1, 0.15) is 6.17 Å². The fourth-order valence-corrected chi connectivity index (χ4v) is 2.44. The Balaban J connectivity index is 3.09. The molecule has 0 nitrogen and oxygen atoms in total. The van der Waals surface area contributed by atoms with Crippen molar-refractivity contribution in [3.63, 3.8) is 0 Å². The third-order valence-corrected chi connectivity index (χ3v) is 3.74. The number of hydrogen-bond donors (Lipinski definition) is 0. The Hall–Kier alpha value is -0.0700. The minimum atomic E-state index is -0.526. The molecule has 0 aliphatic heterocycles. The van der Waals surface area contributed by atoms with Crippen LogP contribution in [0.1, 0.15) is 104 Å². The summed E-state index contributed by atoms with van der Waals surface area (Å²) in [6, 6.07) is 0. The summed E-state index contributed by atoms with van der Waals surface area (Å²) >= 11 is 0. The van der Waals surface area contributed by atoms with Gasteiger partial charge in [0, 0.05) is 0 Å². The van der Waals surface area contributed by atoms with Gasteiger partial charge in [-0.3, -0.25) is 0 Å². The molecule has 0 rings (SSSR count). The molecule has 18 heavy (non-hydrogen) atoms. The Morgan fingerprint density at radius 1 is 0.556 bits per heavy atom. The summed E-state index contributed by atoms with van der Waals surface area (Å²) < 4.78 is 13.5. The van der Waals surface area contributed by atoms with Gasteiger partial charge in [-0.1, -0.05) is 90.9 Å². The van der Waals surface area contributed by atoms with E-state index in [-0.39, 0.29) is 0 Å². The molecule has 0 saturated carbocycles. The minimum absolute atomic E-state index is 0.526. The molecular weight excluding hydrogens is 223 g/mol. The smallest absolute Gasteiger partial charge is 0.100 e. The Morgan fingerprint density at radius 3 is 1.28 bits per heavy atom. The van der Waals surface area contributed by atoms with E-state index in [1.54, 1.807) is 0 Å². The fourth-order valence-electron chi connectivity index (χ4n) is 2.44. The van der Waals surface area contributed by atoms with E-state index in [0.717, 1.165) is 25.7 Å². The second-order valence-electron chi connectivity index (χ2n) is 5.71. The maximum Gasteiger partial charge on any atom is 0.100 e. The standard InChI is InChI=1S/C17H35F/c1-3-5-7-9-10-12-14-16-17(18)15-13-11-8-6-4-2/h17H,3-16H2,1-2H3. The van der Waals surface area contributed by atoms with E-state index in [2.05, 4.69) is 13.8 Å². The van der Waals surface area contributed by atoms with Gasteiger partial charge in [0.05, 0.1) is 0 Å². The second kappa shape index (κ2) is 15.0. The second-order valence-corrected chi connectivity index (χ2v) is 5.71. The molecule has 1 heteroatoms. The Morgan fingerprint density at radius 2 is 0.889 bits per heavy atom. The molecule has 0 fully saturated rings. The molecule has 1 unspecified atom stereocenters. The first-order chi connectivity index (χ1) is 8.81. The molecule has 0 aromatic carbocycles. The van der Waals surface area contributed by atoms with Crippen LogP contribution in [0.2, 0.25) is 0 Å². The van der Waals surface area contributed by atoms with Crippen LogP contribution in [-0.2, 0) is 0 Å². The lowest BCUT2D eigenvalue weighted by atomic mass is 10.0. The summed E-state index contributed by atoms with van der Waals surface area (Å²) in [5.74, 6) is 0. The van der Waals surface area contributed by atoms with Crippen LogP contribution in [0, 0.1) is 0 Å². The average Bonchev–Trinajstić information content (AvgIpc) is 2.37. The molecule has 0 spiro atoms. The van der Waals surface area contributed by atoms with Gasteiger partial charge in [0.25, 0.3) is 0 Å². The first-order valence-corrected chi connectivity index (χ1v) is 8.45. The lowest BCUT2D eigenvalue weighted by Crippen LogP contribution is -1.99. The zero-order chi connectivity index (χ0) is 13.5. The SMILES string of the molecule is CCCCCCCCCC(F)CCCCCCC. The van der Waals surface area contributed by atoms with E-state index in [1.165, 1.54) is 64.2 Å². The summed E-state index contributed by atoms with van der Waals surface area (Å²) in [7, 11) is 0. The van der Waals surface area contributed by atoms with Crippen molar-refractivity contribution in [3.8, 4) is 0 Å². The van der Waals surface area contributed by atoms with Gasteiger partial charge < -0.3 is 0 Å². The van der Waals surface area contributed by atoms with Crippen molar-refractivity contribution in [2.45, 2.75) is 110 Å². The van der Waals surface area contributed by atoms with E-state index in [4.69, 9.17) is 0 Å². The molecule has 0 aromatic heterocycles. The molecule has 0 radical (unpaired) electrons. The zero-order valence-corrected chi connectivity index (χ0v) is 12.9. The Bertz CT molecular complexity index is 145. The molecular formula is C17H35F. The topological polar surface area (TPSA) is 0 Å². The lowest BCUT2D eigenvalue weighted by molar-refractivity contribution is 0.279. The van der Waals surface area contributed by atoms with E-state index < -0.39 is 6.17 Å².